The molecule has 3 saturated heterocycles. The molecule has 0 saturated carbocycles. The number of nitrogens with zero attached hydrogens (tertiary/aromatic N) is 4. The molecule has 0 spiro atoms. The van der Waals surface area contributed by atoms with Gasteiger partial charge in [-0.3, -0.25) is 4.79 Å². The summed E-state index contributed by atoms with van der Waals surface area (Å²) in [6, 6.07) is 2.02. The Kier molecular flexibility index (Phi) is 4.33. The number of piperidine rings is 1. The molecule has 3 fully saturated rings. The summed E-state index contributed by atoms with van der Waals surface area (Å²) in [5.74, 6) is -0.871. The second-order valence-corrected chi connectivity index (χ2v) is 8.48. The van der Waals surface area contributed by atoms with Gasteiger partial charge < -0.3 is 4.90 Å². The van der Waals surface area contributed by atoms with Crippen LogP contribution in [0.15, 0.2) is 0 Å². The minimum atomic E-state index is -3.79. The van der Waals surface area contributed by atoms with E-state index in [-0.39, 0.29) is 32.0 Å². The minimum absolute atomic E-state index is 0.0647. The average Bonchev–Trinajstić information content (AvgIpc) is 2.99. The Morgan fingerprint density at radius 2 is 1.78 bits per heavy atom. The van der Waals surface area contributed by atoms with Gasteiger partial charge in [-0.15, -0.1) is 0 Å². The number of nitriles is 1. The number of hydrogen-bond donors (Lipinski definition) is 0. The first kappa shape index (κ1) is 16.6. The van der Waals surface area contributed by atoms with Crippen LogP contribution in [-0.2, 0) is 15.0 Å². The largest absolute Gasteiger partial charge is 0.340 e. The lowest BCUT2D eigenvalue weighted by Gasteiger charge is -2.42. The zero-order valence-corrected chi connectivity index (χ0v) is 13.8. The number of hydrogen-bond acceptors (Lipinski definition) is 4. The molecular weight excluding hydrogens is 323 g/mol. The zero-order chi connectivity index (χ0) is 16.7. The number of amides is 1. The highest BCUT2D eigenvalue weighted by atomic mass is 32.2. The van der Waals surface area contributed by atoms with Crippen molar-refractivity contribution in [3.8, 4) is 6.07 Å². The van der Waals surface area contributed by atoms with Crippen molar-refractivity contribution in [3.05, 3.63) is 0 Å². The molecule has 0 bridgehead atoms. The summed E-state index contributed by atoms with van der Waals surface area (Å²) in [7, 11) is -3.79. The molecular formula is C14H21FN4O3S. The number of alkyl halides is 1. The molecule has 0 radical (unpaired) electrons. The molecule has 0 aromatic rings. The van der Waals surface area contributed by atoms with Crippen LogP contribution in [0, 0.1) is 17.2 Å². The summed E-state index contributed by atoms with van der Waals surface area (Å²) in [6.45, 7) is 1.19. The van der Waals surface area contributed by atoms with Gasteiger partial charge in [0.05, 0.1) is 18.5 Å². The Morgan fingerprint density at radius 3 is 2.39 bits per heavy atom. The van der Waals surface area contributed by atoms with E-state index in [2.05, 4.69) is 0 Å². The molecule has 9 heteroatoms. The van der Waals surface area contributed by atoms with Gasteiger partial charge in [0.2, 0.25) is 5.67 Å². The summed E-state index contributed by atoms with van der Waals surface area (Å²) in [5, 5.41) is 8.76. The monoisotopic (exact) mass is 344 g/mol. The maximum absolute atomic E-state index is 15.2. The summed E-state index contributed by atoms with van der Waals surface area (Å²) in [6.07, 6.45) is 2.13. The van der Waals surface area contributed by atoms with Gasteiger partial charge in [0.1, 0.15) is 0 Å². The Bertz CT molecular complexity index is 622. The van der Waals surface area contributed by atoms with Crippen LogP contribution in [0.4, 0.5) is 4.39 Å². The van der Waals surface area contributed by atoms with Crippen molar-refractivity contribution in [2.75, 3.05) is 39.3 Å². The summed E-state index contributed by atoms with van der Waals surface area (Å²) in [4.78, 5) is 13.9. The highest BCUT2D eigenvalue weighted by Crippen LogP contribution is 2.32. The predicted molar refractivity (Wildman–Crippen MR) is 80.1 cm³/mol. The lowest BCUT2D eigenvalue weighted by Crippen LogP contribution is -2.61. The van der Waals surface area contributed by atoms with Gasteiger partial charge in [-0.2, -0.15) is 22.3 Å². The lowest BCUT2D eigenvalue weighted by atomic mass is 9.94. The molecule has 3 aliphatic rings. The smallest absolute Gasteiger partial charge is 0.282 e. The molecule has 3 rings (SSSR count). The van der Waals surface area contributed by atoms with E-state index in [0.717, 1.165) is 17.1 Å². The van der Waals surface area contributed by atoms with Crippen molar-refractivity contribution in [1.29, 1.82) is 5.26 Å². The summed E-state index contributed by atoms with van der Waals surface area (Å²) >= 11 is 0. The summed E-state index contributed by atoms with van der Waals surface area (Å²) < 4.78 is 42.4. The molecule has 1 unspecified atom stereocenters. The van der Waals surface area contributed by atoms with E-state index < -0.39 is 28.3 Å². The maximum Gasteiger partial charge on any atom is 0.282 e. The van der Waals surface area contributed by atoms with Gasteiger partial charge in [0.25, 0.3) is 16.1 Å². The van der Waals surface area contributed by atoms with E-state index in [1.807, 2.05) is 6.07 Å². The quantitative estimate of drug-likeness (QED) is 0.727. The maximum atomic E-state index is 15.2. The van der Waals surface area contributed by atoms with E-state index >= 15 is 4.39 Å². The van der Waals surface area contributed by atoms with Crippen molar-refractivity contribution >= 4 is 16.1 Å². The number of carbonyl (C=O) groups is 1. The van der Waals surface area contributed by atoms with Crippen LogP contribution >= 0.6 is 0 Å². The Labute approximate surface area is 135 Å². The van der Waals surface area contributed by atoms with Gasteiger partial charge in [0, 0.05) is 32.7 Å². The van der Waals surface area contributed by atoms with Crippen molar-refractivity contribution < 1.29 is 17.6 Å². The van der Waals surface area contributed by atoms with Gasteiger partial charge in [-0.25, -0.2) is 4.39 Å². The first-order chi connectivity index (χ1) is 10.9. The molecule has 7 nitrogen and oxygen atoms in total. The molecule has 128 valence electrons. The van der Waals surface area contributed by atoms with Crippen molar-refractivity contribution in [2.24, 2.45) is 5.92 Å². The van der Waals surface area contributed by atoms with Crippen molar-refractivity contribution in [1.82, 2.24) is 13.5 Å². The van der Waals surface area contributed by atoms with Crippen molar-refractivity contribution in [2.45, 2.75) is 31.4 Å². The lowest BCUT2D eigenvalue weighted by molar-refractivity contribution is -0.145. The Hall–Kier alpha value is -1.24. The summed E-state index contributed by atoms with van der Waals surface area (Å²) in [5.41, 5.74) is -2.13. The third-order valence-electron chi connectivity index (χ3n) is 4.87. The highest BCUT2D eigenvalue weighted by molar-refractivity contribution is 7.86. The predicted octanol–water partition coefficient (Wildman–Crippen LogP) is 0.113. The van der Waals surface area contributed by atoms with E-state index in [0.29, 0.717) is 19.5 Å². The van der Waals surface area contributed by atoms with Gasteiger partial charge >= 0.3 is 0 Å². The number of carbonyl (C=O) groups excluding carboxylic acids is 1. The van der Waals surface area contributed by atoms with Gasteiger partial charge in [-0.05, 0) is 25.7 Å². The van der Waals surface area contributed by atoms with Crippen LogP contribution in [0.3, 0.4) is 0 Å². The molecule has 0 aromatic carbocycles. The van der Waals surface area contributed by atoms with E-state index in [4.69, 9.17) is 5.26 Å². The standard InChI is InChI=1S/C14H21FN4O3S/c15-14(13(20)17-5-1-2-6-17)4-3-7-18(11-14)23(21,22)19-9-12(8-16)10-19/h12H,1-7,9-11H2. The third-order valence-corrected chi connectivity index (χ3v) is 6.78. The molecule has 3 aliphatic heterocycles. The molecule has 1 atom stereocenters. The third kappa shape index (κ3) is 2.95. The normalized spacial score (nSPS) is 30.9. The van der Waals surface area contributed by atoms with Crippen LogP contribution in [0.25, 0.3) is 0 Å². The zero-order valence-electron chi connectivity index (χ0n) is 12.9. The van der Waals surface area contributed by atoms with Crippen LogP contribution in [0.2, 0.25) is 0 Å². The molecule has 0 N–H and O–H groups in total. The highest BCUT2D eigenvalue weighted by Gasteiger charge is 2.50. The number of rotatable bonds is 3. The van der Waals surface area contributed by atoms with Crippen LogP contribution in [0.5, 0.6) is 0 Å². The molecule has 0 aliphatic carbocycles. The van der Waals surface area contributed by atoms with Crippen molar-refractivity contribution in [3.63, 3.8) is 0 Å². The average molecular weight is 344 g/mol. The molecule has 23 heavy (non-hydrogen) atoms. The first-order valence-corrected chi connectivity index (χ1v) is 9.40. The first-order valence-electron chi connectivity index (χ1n) is 8.00. The van der Waals surface area contributed by atoms with Crippen LogP contribution in [-0.4, -0.2) is 72.8 Å². The number of halogens is 1. The van der Waals surface area contributed by atoms with Crippen LogP contribution in [0.1, 0.15) is 25.7 Å². The second kappa shape index (κ2) is 6.00. The minimum Gasteiger partial charge on any atom is -0.340 e. The Balaban J connectivity index is 1.70. The fourth-order valence-electron chi connectivity index (χ4n) is 3.42. The second-order valence-electron chi connectivity index (χ2n) is 6.55. The molecule has 0 aromatic heterocycles. The van der Waals surface area contributed by atoms with Crippen LogP contribution < -0.4 is 0 Å². The van der Waals surface area contributed by atoms with E-state index in [1.165, 1.54) is 9.21 Å². The number of likely N-dealkylation sites (tertiary alicyclic amines) is 1. The molecule has 3 heterocycles. The Morgan fingerprint density at radius 1 is 1.13 bits per heavy atom. The van der Waals surface area contributed by atoms with Gasteiger partial charge in [0.15, 0.2) is 0 Å². The van der Waals surface area contributed by atoms with E-state index in [1.54, 1.807) is 0 Å². The van der Waals surface area contributed by atoms with Gasteiger partial charge in [-0.1, -0.05) is 0 Å². The van der Waals surface area contributed by atoms with E-state index in [9.17, 15) is 13.2 Å². The fourth-order valence-corrected chi connectivity index (χ4v) is 5.21. The molecule has 1 amide bonds. The SMILES string of the molecule is N#CC1CN(S(=O)(=O)N2CCCC(F)(C(=O)N3CCCC3)C2)C1. The topological polar surface area (TPSA) is 84.7 Å². The fraction of sp³-hybridized carbons (Fsp3) is 0.857.